The number of rotatable bonds is 2. The first kappa shape index (κ1) is 5.09. The average molecular weight is 68.7 g/mol. The van der Waals surface area contributed by atoms with Crippen LogP contribution in [-0.2, 0) is 0 Å². The Hall–Kier alpha value is 0.0899. The van der Waals surface area contributed by atoms with Gasteiger partial charge in [-0.1, -0.05) is 6.82 Å². The molecule has 5 heavy (non-hydrogen) atoms. The lowest BCUT2D eigenvalue weighted by Crippen LogP contribution is -2.17. The molecule has 0 aliphatic carbocycles. The molecule has 1 N–H and O–H groups in total. The molecule has 0 aliphatic rings. The van der Waals surface area contributed by atoms with E-state index < -0.39 is 0 Å². The zero-order chi connectivity index (χ0) is 4.12. The minimum atomic E-state index is 1.14. The topological polar surface area (TPSA) is 12.0 Å². The Morgan fingerprint density at radius 3 is 2.20 bits per heavy atom. The van der Waals surface area contributed by atoms with Crippen LogP contribution in [0.5, 0.6) is 0 Å². The Balaban J connectivity index is 2.19. The van der Waals surface area contributed by atoms with Crippen molar-refractivity contribution in [2.24, 2.45) is 0 Å². The predicted molar refractivity (Wildman–Crippen MR) is 29.2 cm³/mol. The highest BCUT2D eigenvalue weighted by atomic mass is 14.7. The first-order chi connectivity index (χ1) is 2.41. The minimum absolute atomic E-state index is 1.14. The van der Waals surface area contributed by atoms with Crippen molar-refractivity contribution in [1.82, 2.24) is 5.23 Å². The van der Waals surface area contributed by atoms with Crippen LogP contribution in [0.3, 0.4) is 0 Å². The molecule has 0 saturated carbocycles. The zero-order valence-electron chi connectivity index (χ0n) is 3.91. The Labute approximate surface area is 34.6 Å². The fraction of sp³-hybridized carbons (Fsp3) is 1.00. The molecule has 28 valence electrons. The molecular formula is C2H9B2N. The summed E-state index contributed by atoms with van der Waals surface area (Å²) in [6.07, 6.45) is 0. The quantitative estimate of drug-likeness (QED) is 0.408. The van der Waals surface area contributed by atoms with Crippen molar-refractivity contribution in [3.63, 3.8) is 0 Å². The van der Waals surface area contributed by atoms with Crippen LogP contribution in [0.4, 0.5) is 0 Å². The van der Waals surface area contributed by atoms with Crippen LogP contribution in [0.25, 0.3) is 0 Å². The summed E-state index contributed by atoms with van der Waals surface area (Å²) >= 11 is 0. The highest BCUT2D eigenvalue weighted by Gasteiger charge is 1.74. The summed E-state index contributed by atoms with van der Waals surface area (Å²) in [6, 6.07) is 0. The summed E-state index contributed by atoms with van der Waals surface area (Å²) in [7, 11) is 4.33. The maximum atomic E-state index is 3.02. The van der Waals surface area contributed by atoms with Gasteiger partial charge in [-0.3, -0.25) is 0 Å². The Morgan fingerprint density at radius 2 is 2.20 bits per heavy atom. The van der Waals surface area contributed by atoms with Gasteiger partial charge in [0, 0.05) is 0 Å². The van der Waals surface area contributed by atoms with E-state index in [1.807, 2.05) is 7.05 Å². The first-order valence-electron chi connectivity index (χ1n) is 2.06. The molecule has 0 radical (unpaired) electrons. The van der Waals surface area contributed by atoms with Crippen molar-refractivity contribution in [3.8, 4) is 0 Å². The summed E-state index contributed by atoms with van der Waals surface area (Å²) in [5, 5.41) is 3.02. The normalized spacial score (nSPS) is 6.80. The number of hydrogen-bond acceptors (Lipinski definition) is 1. The van der Waals surface area contributed by atoms with Gasteiger partial charge in [0.1, 0.15) is 7.17 Å². The Kier molecular flexibility index (Phi) is 4.16. The van der Waals surface area contributed by atoms with Gasteiger partial charge in [-0.2, -0.15) is 0 Å². The fourth-order valence-electron chi connectivity index (χ4n) is 0.250. The standard InChI is InChI=1S/C2H9B2N/c1-3-4-5-2/h3-5H,1-2H3. The summed E-state index contributed by atoms with van der Waals surface area (Å²) < 4.78 is 0. The second-order valence-corrected chi connectivity index (χ2v) is 1.10. The van der Waals surface area contributed by atoms with E-state index in [0.717, 1.165) is 7.31 Å². The molecule has 0 heterocycles. The monoisotopic (exact) mass is 69.1 g/mol. The minimum Gasteiger partial charge on any atom is -0.368 e. The summed E-state index contributed by atoms with van der Waals surface area (Å²) in [4.78, 5) is 0. The largest absolute Gasteiger partial charge is 0.368 e. The van der Waals surface area contributed by atoms with Gasteiger partial charge in [-0.25, -0.2) is 0 Å². The van der Waals surface area contributed by atoms with Gasteiger partial charge in [0.05, 0.1) is 0 Å². The second kappa shape index (κ2) is 4.09. The third-order valence-corrected chi connectivity index (χ3v) is 0.500. The molecule has 0 aromatic rings. The van der Waals surface area contributed by atoms with Gasteiger partial charge in [0.2, 0.25) is 0 Å². The van der Waals surface area contributed by atoms with Crippen LogP contribution in [0.15, 0.2) is 0 Å². The van der Waals surface area contributed by atoms with Crippen LogP contribution in [-0.4, -0.2) is 21.5 Å². The van der Waals surface area contributed by atoms with E-state index in [-0.39, 0.29) is 0 Å². The summed E-state index contributed by atoms with van der Waals surface area (Å²) in [5.41, 5.74) is 0. The van der Waals surface area contributed by atoms with Crippen molar-refractivity contribution >= 4 is 14.5 Å². The fourth-order valence-corrected chi connectivity index (χ4v) is 0.250. The van der Waals surface area contributed by atoms with E-state index in [1.165, 1.54) is 7.17 Å². The molecule has 0 saturated heterocycles. The number of nitrogens with one attached hydrogen (secondary N) is 1. The van der Waals surface area contributed by atoms with Crippen molar-refractivity contribution in [3.05, 3.63) is 0 Å². The van der Waals surface area contributed by atoms with Crippen LogP contribution in [0.1, 0.15) is 0 Å². The molecule has 0 aromatic heterocycles. The Morgan fingerprint density at radius 1 is 1.60 bits per heavy atom. The van der Waals surface area contributed by atoms with E-state index >= 15 is 0 Å². The van der Waals surface area contributed by atoms with Crippen molar-refractivity contribution in [1.29, 1.82) is 0 Å². The zero-order valence-corrected chi connectivity index (χ0v) is 3.91. The SMILES string of the molecule is CBBNC. The van der Waals surface area contributed by atoms with Crippen molar-refractivity contribution < 1.29 is 0 Å². The molecule has 0 aromatic carbocycles. The lowest BCUT2D eigenvalue weighted by molar-refractivity contribution is 1.26. The molecule has 0 aliphatic heterocycles. The molecule has 1 nitrogen and oxygen atoms in total. The Bertz CT molecular complexity index is 15.1. The van der Waals surface area contributed by atoms with Crippen LogP contribution >= 0.6 is 0 Å². The van der Waals surface area contributed by atoms with E-state index in [1.54, 1.807) is 0 Å². The van der Waals surface area contributed by atoms with Gasteiger partial charge in [-0.15, -0.1) is 0 Å². The molecule has 0 unspecified atom stereocenters. The van der Waals surface area contributed by atoms with Crippen molar-refractivity contribution in [2.75, 3.05) is 7.05 Å². The molecule has 0 bridgehead atoms. The van der Waals surface area contributed by atoms with Crippen LogP contribution in [0.2, 0.25) is 6.82 Å². The lowest BCUT2D eigenvalue weighted by atomic mass is 9.49. The third kappa shape index (κ3) is 4.09. The van der Waals surface area contributed by atoms with E-state index in [2.05, 4.69) is 12.1 Å². The van der Waals surface area contributed by atoms with Gasteiger partial charge < -0.3 is 5.23 Å². The average Bonchev–Trinajstić information content (AvgIpc) is 1.41. The van der Waals surface area contributed by atoms with Crippen molar-refractivity contribution in [2.45, 2.75) is 6.82 Å². The highest BCUT2D eigenvalue weighted by molar-refractivity contribution is 6.98. The van der Waals surface area contributed by atoms with Gasteiger partial charge in [-0.05, 0) is 7.05 Å². The second-order valence-electron chi connectivity index (χ2n) is 1.10. The molecule has 0 spiro atoms. The summed E-state index contributed by atoms with van der Waals surface area (Å²) in [6.45, 7) is 2.15. The maximum absolute atomic E-state index is 3.02. The smallest absolute Gasteiger partial charge is 0.161 e. The molecule has 0 amide bonds. The predicted octanol–water partition coefficient (Wildman–Crippen LogP) is -1.04. The third-order valence-electron chi connectivity index (χ3n) is 0.500. The molecule has 0 fully saturated rings. The van der Waals surface area contributed by atoms with Gasteiger partial charge in [0.25, 0.3) is 0 Å². The van der Waals surface area contributed by atoms with E-state index in [9.17, 15) is 0 Å². The molecular weight excluding hydrogens is 59.7 g/mol. The summed E-state index contributed by atoms with van der Waals surface area (Å²) in [5.74, 6) is 0. The van der Waals surface area contributed by atoms with E-state index in [0.29, 0.717) is 0 Å². The van der Waals surface area contributed by atoms with Gasteiger partial charge in [0.15, 0.2) is 7.31 Å². The number of hydrogen-bond donors (Lipinski definition) is 1. The lowest BCUT2D eigenvalue weighted by Gasteiger charge is -1.79. The van der Waals surface area contributed by atoms with Crippen LogP contribution < -0.4 is 5.23 Å². The van der Waals surface area contributed by atoms with Crippen LogP contribution in [0, 0.1) is 0 Å². The molecule has 0 atom stereocenters. The maximum Gasteiger partial charge on any atom is 0.161 e. The molecule has 3 heteroatoms. The van der Waals surface area contributed by atoms with Gasteiger partial charge >= 0.3 is 0 Å². The molecule has 0 rings (SSSR count). The van der Waals surface area contributed by atoms with E-state index in [4.69, 9.17) is 0 Å². The first-order valence-corrected chi connectivity index (χ1v) is 2.06. The highest BCUT2D eigenvalue weighted by Crippen LogP contribution is 1.39.